The SMILES string of the molecule is CC(C)COC1=N[N+](C)(C(C)(C)C)C=C1. The summed E-state index contributed by atoms with van der Waals surface area (Å²) in [6, 6.07) is 0. The van der Waals surface area contributed by atoms with Crippen LogP contribution in [-0.2, 0) is 4.74 Å². The average molecular weight is 211 g/mol. The van der Waals surface area contributed by atoms with E-state index < -0.39 is 0 Å². The summed E-state index contributed by atoms with van der Waals surface area (Å²) in [5.41, 5.74) is 0.0689. The van der Waals surface area contributed by atoms with E-state index in [9.17, 15) is 0 Å². The lowest BCUT2D eigenvalue weighted by molar-refractivity contribution is -0.911. The topological polar surface area (TPSA) is 21.6 Å². The molecule has 1 unspecified atom stereocenters. The smallest absolute Gasteiger partial charge is 0.272 e. The van der Waals surface area contributed by atoms with Crippen molar-refractivity contribution >= 4 is 5.90 Å². The standard InChI is InChI=1S/C12H23N2O/c1-10(2)9-15-11-7-8-14(6,13-11)12(3,4)5/h7-8,10H,9H2,1-6H3/q+1. The molecule has 15 heavy (non-hydrogen) atoms. The number of hydrogen-bond acceptors (Lipinski definition) is 2. The van der Waals surface area contributed by atoms with Crippen LogP contribution in [0.5, 0.6) is 0 Å². The van der Waals surface area contributed by atoms with E-state index in [-0.39, 0.29) is 5.54 Å². The summed E-state index contributed by atoms with van der Waals surface area (Å²) in [5.74, 6) is 1.29. The lowest BCUT2D eigenvalue weighted by Gasteiger charge is -2.34. The highest BCUT2D eigenvalue weighted by Crippen LogP contribution is 2.27. The molecule has 0 fully saturated rings. The Morgan fingerprint density at radius 3 is 2.40 bits per heavy atom. The van der Waals surface area contributed by atoms with Crippen LogP contribution < -0.4 is 0 Å². The maximum absolute atomic E-state index is 5.60. The number of hydrogen-bond donors (Lipinski definition) is 0. The third-order valence-corrected chi connectivity index (χ3v) is 2.74. The van der Waals surface area contributed by atoms with E-state index in [1.165, 1.54) is 0 Å². The second-order valence-corrected chi connectivity index (χ2v) is 5.66. The molecular formula is C12H23N2O+. The van der Waals surface area contributed by atoms with Crippen molar-refractivity contribution in [2.45, 2.75) is 40.2 Å². The highest BCUT2D eigenvalue weighted by atomic mass is 16.5. The average Bonchev–Trinajstić information content (AvgIpc) is 2.44. The van der Waals surface area contributed by atoms with Crippen LogP contribution in [0.3, 0.4) is 0 Å². The first kappa shape index (κ1) is 12.2. The molecule has 0 aromatic rings. The van der Waals surface area contributed by atoms with Crippen LogP contribution in [0, 0.1) is 5.92 Å². The maximum atomic E-state index is 5.60. The van der Waals surface area contributed by atoms with Crippen molar-refractivity contribution in [1.29, 1.82) is 0 Å². The van der Waals surface area contributed by atoms with E-state index in [0.29, 0.717) is 10.5 Å². The molecule has 3 nitrogen and oxygen atoms in total. The molecule has 1 aliphatic rings. The number of nitrogens with zero attached hydrogens (tertiary/aromatic N) is 2. The van der Waals surface area contributed by atoms with Crippen LogP contribution in [0.15, 0.2) is 17.4 Å². The van der Waals surface area contributed by atoms with Gasteiger partial charge in [0.1, 0.15) is 11.7 Å². The first-order chi connectivity index (χ1) is 6.74. The third kappa shape index (κ3) is 2.81. The van der Waals surface area contributed by atoms with Crippen LogP contribution in [0.25, 0.3) is 0 Å². The summed E-state index contributed by atoms with van der Waals surface area (Å²) in [7, 11) is 2.09. The lowest BCUT2D eigenvalue weighted by atomic mass is 10.1. The molecule has 3 heteroatoms. The minimum Gasteiger partial charge on any atom is -0.474 e. The normalized spacial score (nSPS) is 25.9. The van der Waals surface area contributed by atoms with Crippen LogP contribution >= 0.6 is 0 Å². The molecule has 86 valence electrons. The molecule has 1 aliphatic heterocycles. The van der Waals surface area contributed by atoms with E-state index in [4.69, 9.17) is 4.74 Å². The molecule has 0 bridgehead atoms. The molecule has 1 heterocycles. The highest BCUT2D eigenvalue weighted by molar-refractivity contribution is 5.87. The van der Waals surface area contributed by atoms with Crippen LogP contribution in [0.1, 0.15) is 34.6 Å². The largest absolute Gasteiger partial charge is 0.474 e. The highest BCUT2D eigenvalue weighted by Gasteiger charge is 2.38. The van der Waals surface area contributed by atoms with Crippen molar-refractivity contribution in [2.75, 3.05) is 13.7 Å². The summed E-state index contributed by atoms with van der Waals surface area (Å²) >= 11 is 0. The zero-order chi connectivity index (χ0) is 11.7. The van der Waals surface area contributed by atoms with Gasteiger partial charge >= 0.3 is 0 Å². The van der Waals surface area contributed by atoms with Gasteiger partial charge in [0.15, 0.2) is 0 Å². The quantitative estimate of drug-likeness (QED) is 0.644. The van der Waals surface area contributed by atoms with Gasteiger partial charge in [-0.15, -0.1) is 0 Å². The molecule has 0 aromatic heterocycles. The number of rotatable bonds is 2. The zero-order valence-corrected chi connectivity index (χ0v) is 10.7. The zero-order valence-electron chi connectivity index (χ0n) is 10.7. The molecule has 0 saturated heterocycles. The van der Waals surface area contributed by atoms with Crippen molar-refractivity contribution < 1.29 is 9.33 Å². The van der Waals surface area contributed by atoms with E-state index in [0.717, 1.165) is 12.5 Å². The van der Waals surface area contributed by atoms with E-state index >= 15 is 0 Å². The number of ether oxygens (including phenoxy) is 1. The van der Waals surface area contributed by atoms with Crippen molar-refractivity contribution in [2.24, 2.45) is 11.0 Å². The second-order valence-electron chi connectivity index (χ2n) is 5.66. The Hall–Kier alpha value is -0.830. The fourth-order valence-electron chi connectivity index (χ4n) is 1.18. The lowest BCUT2D eigenvalue weighted by Crippen LogP contribution is -2.47. The third-order valence-electron chi connectivity index (χ3n) is 2.74. The molecule has 0 aromatic carbocycles. The van der Waals surface area contributed by atoms with Gasteiger partial charge in [-0.25, -0.2) is 0 Å². The summed E-state index contributed by atoms with van der Waals surface area (Å²) in [5, 5.41) is 4.58. The molecule has 0 N–H and O–H groups in total. The van der Waals surface area contributed by atoms with Gasteiger partial charge in [0, 0.05) is 0 Å². The van der Waals surface area contributed by atoms with Crippen molar-refractivity contribution in [3.05, 3.63) is 12.3 Å². The molecule has 1 rings (SSSR count). The van der Waals surface area contributed by atoms with Gasteiger partial charge in [-0.05, 0) is 31.8 Å². The van der Waals surface area contributed by atoms with Crippen molar-refractivity contribution in [3.63, 3.8) is 0 Å². The second kappa shape index (κ2) is 3.97. The Balaban J connectivity index is 2.67. The van der Waals surface area contributed by atoms with Gasteiger partial charge in [-0.3, -0.25) is 0 Å². The monoisotopic (exact) mass is 211 g/mol. The van der Waals surface area contributed by atoms with Crippen molar-refractivity contribution in [1.82, 2.24) is 0 Å². The Kier molecular flexibility index (Phi) is 3.24. The maximum Gasteiger partial charge on any atom is 0.272 e. The molecule has 0 aliphatic carbocycles. The Bertz CT molecular complexity index is 286. The molecule has 0 radical (unpaired) electrons. The van der Waals surface area contributed by atoms with Gasteiger partial charge < -0.3 is 4.74 Å². The summed E-state index contributed by atoms with van der Waals surface area (Å²) in [6.07, 6.45) is 4.04. The van der Waals surface area contributed by atoms with Crippen LogP contribution in [0.4, 0.5) is 0 Å². The van der Waals surface area contributed by atoms with E-state index in [1.54, 1.807) is 0 Å². The van der Waals surface area contributed by atoms with Crippen molar-refractivity contribution in [3.8, 4) is 0 Å². The van der Waals surface area contributed by atoms with Gasteiger partial charge in [-0.2, -0.15) is 4.59 Å². The van der Waals surface area contributed by atoms with E-state index in [1.807, 2.05) is 6.08 Å². The molecule has 0 saturated carbocycles. The summed E-state index contributed by atoms with van der Waals surface area (Å²) in [6.45, 7) is 11.5. The van der Waals surface area contributed by atoms with Gasteiger partial charge in [0.25, 0.3) is 5.90 Å². The Morgan fingerprint density at radius 1 is 1.40 bits per heavy atom. The predicted octanol–water partition coefficient (Wildman–Crippen LogP) is 2.74. The Morgan fingerprint density at radius 2 is 2.00 bits per heavy atom. The van der Waals surface area contributed by atoms with Gasteiger partial charge in [0.2, 0.25) is 0 Å². The fraction of sp³-hybridized carbons (Fsp3) is 0.750. The number of quaternary nitrogens is 1. The van der Waals surface area contributed by atoms with Crippen LogP contribution in [-0.4, -0.2) is 29.7 Å². The minimum absolute atomic E-state index is 0.0689. The summed E-state index contributed by atoms with van der Waals surface area (Å²) in [4.78, 5) is 0. The van der Waals surface area contributed by atoms with Gasteiger partial charge in [0.05, 0.1) is 19.7 Å². The first-order valence-corrected chi connectivity index (χ1v) is 5.53. The molecule has 0 spiro atoms. The van der Waals surface area contributed by atoms with Crippen LogP contribution in [0.2, 0.25) is 0 Å². The molecule has 0 amide bonds. The fourth-order valence-corrected chi connectivity index (χ4v) is 1.18. The minimum atomic E-state index is 0.0689. The summed E-state index contributed by atoms with van der Waals surface area (Å²) < 4.78 is 6.16. The van der Waals surface area contributed by atoms with E-state index in [2.05, 4.69) is 53.0 Å². The molecule has 1 atom stereocenters. The predicted molar refractivity (Wildman–Crippen MR) is 63.3 cm³/mol. The first-order valence-electron chi connectivity index (χ1n) is 5.53. The Labute approximate surface area is 93.0 Å². The molecular weight excluding hydrogens is 188 g/mol. The van der Waals surface area contributed by atoms with Gasteiger partial charge in [-0.1, -0.05) is 13.8 Å².